The van der Waals surface area contributed by atoms with Crippen molar-refractivity contribution >= 4 is 16.9 Å². The van der Waals surface area contributed by atoms with Gasteiger partial charge in [-0.05, 0) is 6.07 Å². The molecule has 0 saturated carbocycles. The number of benzene rings is 1. The van der Waals surface area contributed by atoms with E-state index in [1.165, 1.54) is 24.3 Å². The van der Waals surface area contributed by atoms with Gasteiger partial charge in [-0.2, -0.15) is 75.3 Å². The number of hydrogen-bond donors (Lipinski definition) is 1. The minimum absolute atomic E-state index is 0.186. The van der Waals surface area contributed by atoms with Crippen molar-refractivity contribution in [3.8, 4) is 11.3 Å². The van der Waals surface area contributed by atoms with Gasteiger partial charge in [-0.1, -0.05) is 35.5 Å². The van der Waals surface area contributed by atoms with E-state index in [0.29, 0.717) is 12.3 Å². The zero-order valence-electron chi connectivity index (χ0n) is 22.5. The Labute approximate surface area is 249 Å². The van der Waals surface area contributed by atoms with Crippen LogP contribution in [0.15, 0.2) is 42.6 Å². The second kappa shape index (κ2) is 11.1. The maximum absolute atomic E-state index is 14.2. The van der Waals surface area contributed by atoms with Crippen LogP contribution in [0.1, 0.15) is 17.7 Å². The first-order valence-corrected chi connectivity index (χ1v) is 12.4. The third kappa shape index (κ3) is 5.87. The van der Waals surface area contributed by atoms with Crippen molar-refractivity contribution in [2.24, 2.45) is 0 Å². The van der Waals surface area contributed by atoms with Gasteiger partial charge in [0.15, 0.2) is 11.5 Å². The van der Waals surface area contributed by atoms with Crippen LogP contribution in [-0.4, -0.2) is 65.5 Å². The molecule has 3 heterocycles. The summed E-state index contributed by atoms with van der Waals surface area (Å²) in [6.45, 7) is -2.25. The predicted octanol–water partition coefficient (Wildman–Crippen LogP) is 7.47. The molecule has 0 saturated heterocycles. The molecular formula is C24H15F16N7. The molecule has 0 aliphatic rings. The molecule has 47 heavy (non-hydrogen) atoms. The average Bonchev–Trinajstić information content (AvgIpc) is 3.54. The highest BCUT2D eigenvalue weighted by Crippen LogP contribution is 2.60. The Hall–Kier alpha value is -4.34. The van der Waals surface area contributed by atoms with Gasteiger partial charge in [0.05, 0.1) is 29.4 Å². The number of pyridine rings is 1. The lowest BCUT2D eigenvalue weighted by Gasteiger charge is -2.39. The number of nitrogens with zero attached hydrogens (tertiary/aromatic N) is 6. The molecule has 0 bridgehead atoms. The van der Waals surface area contributed by atoms with Gasteiger partial charge < -0.3 is 5.73 Å². The molecule has 23 heteroatoms. The van der Waals surface area contributed by atoms with E-state index in [1.54, 1.807) is 6.07 Å². The second-order valence-electron chi connectivity index (χ2n) is 9.88. The predicted molar refractivity (Wildman–Crippen MR) is 127 cm³/mol. The lowest BCUT2D eigenvalue weighted by molar-refractivity contribution is -0.440. The second-order valence-corrected chi connectivity index (χ2v) is 9.88. The maximum Gasteiger partial charge on any atom is 0.460 e. The highest BCUT2D eigenvalue weighted by molar-refractivity contribution is 5.92. The number of anilines is 1. The molecule has 1 aromatic carbocycles. The van der Waals surface area contributed by atoms with Gasteiger partial charge in [0.2, 0.25) is 0 Å². The summed E-state index contributed by atoms with van der Waals surface area (Å²) in [6.07, 6.45) is -14.4. The Balaban J connectivity index is 1.60. The summed E-state index contributed by atoms with van der Waals surface area (Å²) in [7, 11) is 0. The molecule has 0 fully saturated rings. The molecule has 0 aliphatic heterocycles. The van der Waals surface area contributed by atoms with Crippen molar-refractivity contribution < 1.29 is 70.2 Å². The molecule has 0 radical (unpaired) electrons. The smallest absolute Gasteiger partial charge is 0.382 e. The summed E-state index contributed by atoms with van der Waals surface area (Å²) >= 11 is 0. The standard InChI is InChI=1S/C24H15F16N7/c25-18(26,20(30,31)21(32,33)22(34,35)23(36,37)24(38,39)40)6-7-46-9-12(43-45-46)10-47-17-15(16(41)44-47)13(19(27,28)29)8-14(42-17)11-4-2-1-3-5-11/h1-5,8-9H,6-7,10H2,(H2,41,44). The van der Waals surface area contributed by atoms with E-state index in [4.69, 9.17) is 5.73 Å². The van der Waals surface area contributed by atoms with Crippen LogP contribution in [0.4, 0.5) is 76.1 Å². The number of fused-ring (bicyclic) bond motifs is 1. The molecule has 7 nitrogen and oxygen atoms in total. The van der Waals surface area contributed by atoms with Gasteiger partial charge >= 0.3 is 42.0 Å². The Morgan fingerprint density at radius 2 is 1.30 bits per heavy atom. The number of nitrogen functional groups attached to an aromatic ring is 1. The maximum atomic E-state index is 14.2. The van der Waals surface area contributed by atoms with Crippen LogP contribution in [0.2, 0.25) is 0 Å². The molecule has 3 aromatic heterocycles. The zero-order valence-corrected chi connectivity index (χ0v) is 22.5. The molecule has 258 valence electrons. The van der Waals surface area contributed by atoms with Crippen molar-refractivity contribution in [3.63, 3.8) is 0 Å². The van der Waals surface area contributed by atoms with E-state index in [-0.39, 0.29) is 21.6 Å². The van der Waals surface area contributed by atoms with E-state index in [0.717, 1.165) is 4.68 Å². The van der Waals surface area contributed by atoms with Crippen molar-refractivity contribution in [2.75, 3.05) is 5.73 Å². The number of hydrogen-bond acceptors (Lipinski definition) is 5. The van der Waals surface area contributed by atoms with Crippen LogP contribution in [0.25, 0.3) is 22.3 Å². The summed E-state index contributed by atoms with van der Waals surface area (Å²) < 4.78 is 216. The highest BCUT2D eigenvalue weighted by atomic mass is 19.4. The zero-order chi connectivity index (χ0) is 35.6. The number of nitrogens with two attached hydrogens (primary N) is 1. The molecule has 4 rings (SSSR count). The van der Waals surface area contributed by atoms with Crippen LogP contribution in [0.3, 0.4) is 0 Å². The number of halogens is 16. The molecule has 0 amide bonds. The van der Waals surface area contributed by atoms with Gasteiger partial charge in [-0.3, -0.25) is 4.68 Å². The van der Waals surface area contributed by atoms with Crippen LogP contribution in [-0.2, 0) is 19.3 Å². The summed E-state index contributed by atoms with van der Waals surface area (Å²) in [4.78, 5) is 4.14. The SMILES string of the molecule is Nc1nn(Cc2cn(CCC(F)(F)C(F)(F)C(F)(F)C(F)(F)C(F)(F)C(F)(F)F)nn2)c2nc(-c3ccccc3)cc(C(F)(F)F)c12. The van der Waals surface area contributed by atoms with Crippen molar-refractivity contribution in [2.45, 2.75) is 61.5 Å². The molecule has 4 aromatic rings. The van der Waals surface area contributed by atoms with Crippen molar-refractivity contribution in [3.05, 3.63) is 53.9 Å². The largest absolute Gasteiger partial charge is 0.460 e. The number of aryl methyl sites for hydroxylation is 1. The van der Waals surface area contributed by atoms with Gasteiger partial charge in [-0.25, -0.2) is 9.67 Å². The number of aromatic nitrogens is 6. The fraction of sp³-hybridized carbons (Fsp3) is 0.417. The summed E-state index contributed by atoms with van der Waals surface area (Å²) in [5.41, 5.74) is 3.66. The summed E-state index contributed by atoms with van der Waals surface area (Å²) in [5.74, 6) is -38.3. The Kier molecular flexibility index (Phi) is 8.41. The molecule has 2 N–H and O–H groups in total. The minimum Gasteiger partial charge on any atom is -0.382 e. The monoisotopic (exact) mass is 705 g/mol. The first kappa shape index (κ1) is 35.5. The van der Waals surface area contributed by atoms with E-state index in [2.05, 4.69) is 20.4 Å². The lowest BCUT2D eigenvalue weighted by atomic mass is 9.92. The van der Waals surface area contributed by atoms with E-state index in [1.807, 2.05) is 0 Å². The normalized spacial score (nSPS) is 14.3. The number of rotatable bonds is 10. The van der Waals surface area contributed by atoms with Crippen LogP contribution in [0, 0.1) is 0 Å². The Bertz CT molecular complexity index is 1740. The van der Waals surface area contributed by atoms with Crippen LogP contribution >= 0.6 is 0 Å². The number of alkyl halides is 16. The van der Waals surface area contributed by atoms with E-state index >= 15 is 0 Å². The van der Waals surface area contributed by atoms with E-state index in [9.17, 15) is 70.2 Å². The Morgan fingerprint density at radius 3 is 1.85 bits per heavy atom. The van der Waals surface area contributed by atoms with E-state index < -0.39 is 83.9 Å². The van der Waals surface area contributed by atoms with Gasteiger partial charge in [0.1, 0.15) is 5.69 Å². The van der Waals surface area contributed by atoms with Gasteiger partial charge in [0.25, 0.3) is 0 Å². The third-order valence-electron chi connectivity index (χ3n) is 6.66. The quantitative estimate of drug-likeness (QED) is 0.173. The van der Waals surface area contributed by atoms with Crippen molar-refractivity contribution in [1.29, 1.82) is 0 Å². The van der Waals surface area contributed by atoms with Crippen molar-refractivity contribution in [1.82, 2.24) is 29.8 Å². The molecule has 0 spiro atoms. The first-order valence-electron chi connectivity index (χ1n) is 12.4. The van der Waals surface area contributed by atoms with Gasteiger partial charge in [-0.15, -0.1) is 5.10 Å². The minimum atomic E-state index is -8.03. The topological polar surface area (TPSA) is 87.4 Å². The van der Waals surface area contributed by atoms with Crippen LogP contribution < -0.4 is 5.73 Å². The van der Waals surface area contributed by atoms with Gasteiger partial charge in [0, 0.05) is 18.5 Å². The first-order chi connectivity index (χ1) is 21.3. The third-order valence-corrected chi connectivity index (χ3v) is 6.66. The summed E-state index contributed by atoms with van der Waals surface area (Å²) in [5, 5.41) is 9.72. The van der Waals surface area contributed by atoms with Crippen LogP contribution in [0.5, 0.6) is 0 Å². The molecule has 0 unspecified atom stereocenters. The Morgan fingerprint density at radius 1 is 0.723 bits per heavy atom. The highest BCUT2D eigenvalue weighted by Gasteiger charge is 2.90. The summed E-state index contributed by atoms with van der Waals surface area (Å²) in [6, 6.07) is 8.15. The fourth-order valence-electron chi connectivity index (χ4n) is 4.18. The lowest BCUT2D eigenvalue weighted by Crippen LogP contribution is -2.70. The molecular weight excluding hydrogens is 690 g/mol. The molecule has 0 atom stereocenters. The average molecular weight is 705 g/mol. The molecule has 0 aliphatic carbocycles. The fourth-order valence-corrected chi connectivity index (χ4v) is 4.18.